The molecule has 1 aliphatic heterocycles. The second-order valence-electron chi connectivity index (χ2n) is 8.53. The second kappa shape index (κ2) is 11.6. The SMILES string of the molecule is CC(NC(=O)Nc1ccc(Cl)cc1Cl)C(=O)N1CCN(C(c2ccccc2)c2ccccc2)CC1. The van der Waals surface area contributed by atoms with Gasteiger partial charge in [0.05, 0.1) is 16.8 Å². The van der Waals surface area contributed by atoms with Crippen LogP contribution in [0.1, 0.15) is 24.1 Å². The summed E-state index contributed by atoms with van der Waals surface area (Å²) < 4.78 is 0. The molecule has 0 radical (unpaired) electrons. The fraction of sp³-hybridized carbons (Fsp3) is 0.259. The van der Waals surface area contributed by atoms with Gasteiger partial charge in [-0.3, -0.25) is 9.69 Å². The standard InChI is InChI=1S/C27H28Cl2N4O2/c1-19(30-27(35)31-24-13-12-22(28)18-23(24)29)26(34)33-16-14-32(15-17-33)25(20-8-4-2-5-9-20)21-10-6-3-7-11-21/h2-13,18-19,25H,14-17H2,1H3,(H2,30,31,35). The molecule has 0 saturated carbocycles. The monoisotopic (exact) mass is 510 g/mol. The topological polar surface area (TPSA) is 64.7 Å². The lowest BCUT2D eigenvalue weighted by atomic mass is 9.96. The molecule has 8 heteroatoms. The van der Waals surface area contributed by atoms with Crippen molar-refractivity contribution in [2.24, 2.45) is 0 Å². The fourth-order valence-corrected chi connectivity index (χ4v) is 4.82. The van der Waals surface area contributed by atoms with E-state index in [1.807, 2.05) is 17.0 Å². The Bertz CT molecular complexity index is 1110. The number of hydrogen-bond acceptors (Lipinski definition) is 3. The van der Waals surface area contributed by atoms with Gasteiger partial charge in [0.15, 0.2) is 0 Å². The molecule has 182 valence electrons. The molecule has 3 amide bonds. The van der Waals surface area contributed by atoms with Crippen LogP contribution in [0.3, 0.4) is 0 Å². The molecule has 1 unspecified atom stereocenters. The van der Waals surface area contributed by atoms with Crippen molar-refractivity contribution < 1.29 is 9.59 Å². The Morgan fingerprint density at radius 1 is 0.829 bits per heavy atom. The Kier molecular flexibility index (Phi) is 8.29. The third kappa shape index (κ3) is 6.34. The van der Waals surface area contributed by atoms with E-state index in [1.54, 1.807) is 25.1 Å². The maximum Gasteiger partial charge on any atom is 0.319 e. The van der Waals surface area contributed by atoms with E-state index in [9.17, 15) is 9.59 Å². The highest BCUT2D eigenvalue weighted by Gasteiger charge is 2.30. The number of nitrogens with zero attached hydrogens (tertiary/aromatic N) is 2. The van der Waals surface area contributed by atoms with Gasteiger partial charge in [0.1, 0.15) is 6.04 Å². The van der Waals surface area contributed by atoms with Crippen molar-refractivity contribution in [1.29, 1.82) is 0 Å². The average Bonchev–Trinajstić information content (AvgIpc) is 2.87. The maximum absolute atomic E-state index is 13.0. The van der Waals surface area contributed by atoms with Gasteiger partial charge in [-0.05, 0) is 36.2 Å². The van der Waals surface area contributed by atoms with Crippen LogP contribution in [-0.2, 0) is 4.79 Å². The van der Waals surface area contributed by atoms with E-state index in [4.69, 9.17) is 23.2 Å². The molecule has 1 heterocycles. The Morgan fingerprint density at radius 3 is 1.94 bits per heavy atom. The average molecular weight is 511 g/mol. The summed E-state index contributed by atoms with van der Waals surface area (Å²) >= 11 is 12.0. The molecule has 0 bridgehead atoms. The molecule has 35 heavy (non-hydrogen) atoms. The van der Waals surface area contributed by atoms with Crippen LogP contribution in [0.2, 0.25) is 10.0 Å². The molecule has 0 aliphatic carbocycles. The quantitative estimate of drug-likeness (QED) is 0.464. The smallest absolute Gasteiger partial charge is 0.319 e. The van der Waals surface area contributed by atoms with E-state index in [-0.39, 0.29) is 11.9 Å². The Balaban J connectivity index is 1.35. The zero-order valence-electron chi connectivity index (χ0n) is 19.5. The van der Waals surface area contributed by atoms with Crippen LogP contribution < -0.4 is 10.6 Å². The lowest BCUT2D eigenvalue weighted by Crippen LogP contribution is -2.55. The first kappa shape index (κ1) is 25.0. The lowest BCUT2D eigenvalue weighted by molar-refractivity contribution is -0.134. The van der Waals surface area contributed by atoms with Crippen molar-refractivity contribution in [2.75, 3.05) is 31.5 Å². The molecule has 3 aromatic rings. The van der Waals surface area contributed by atoms with Gasteiger partial charge >= 0.3 is 6.03 Å². The number of urea groups is 1. The molecule has 3 aromatic carbocycles. The summed E-state index contributed by atoms with van der Waals surface area (Å²) in [5.74, 6) is -0.113. The number of benzene rings is 3. The minimum Gasteiger partial charge on any atom is -0.338 e. The highest BCUT2D eigenvalue weighted by atomic mass is 35.5. The van der Waals surface area contributed by atoms with E-state index in [2.05, 4.69) is 64.1 Å². The molecule has 1 aliphatic rings. The van der Waals surface area contributed by atoms with Gasteiger partial charge in [-0.2, -0.15) is 0 Å². The minimum absolute atomic E-state index is 0.113. The number of nitrogens with one attached hydrogen (secondary N) is 2. The van der Waals surface area contributed by atoms with Gasteiger partial charge in [-0.15, -0.1) is 0 Å². The number of piperazine rings is 1. The van der Waals surface area contributed by atoms with Crippen LogP contribution in [0, 0.1) is 0 Å². The van der Waals surface area contributed by atoms with Crippen molar-refractivity contribution in [3.8, 4) is 0 Å². The molecular formula is C27H28Cl2N4O2. The molecule has 0 spiro atoms. The molecule has 1 fully saturated rings. The van der Waals surface area contributed by atoms with Crippen LogP contribution in [-0.4, -0.2) is 54.0 Å². The Hall–Kier alpha value is -3.06. The number of amides is 3. The van der Waals surface area contributed by atoms with E-state index in [0.29, 0.717) is 28.8 Å². The summed E-state index contributed by atoms with van der Waals surface area (Å²) in [5.41, 5.74) is 2.88. The summed E-state index contributed by atoms with van der Waals surface area (Å²) in [6.07, 6.45) is 0. The van der Waals surface area contributed by atoms with Gasteiger partial charge in [0.2, 0.25) is 5.91 Å². The summed E-state index contributed by atoms with van der Waals surface area (Å²) in [6, 6.07) is 24.6. The van der Waals surface area contributed by atoms with Gasteiger partial charge in [-0.1, -0.05) is 83.9 Å². The molecular weight excluding hydrogens is 483 g/mol. The van der Waals surface area contributed by atoms with Crippen molar-refractivity contribution in [1.82, 2.24) is 15.1 Å². The van der Waals surface area contributed by atoms with Crippen LogP contribution in [0.25, 0.3) is 0 Å². The zero-order valence-corrected chi connectivity index (χ0v) is 21.0. The van der Waals surface area contributed by atoms with Gasteiger partial charge in [0, 0.05) is 31.2 Å². The van der Waals surface area contributed by atoms with Crippen molar-refractivity contribution in [3.05, 3.63) is 100 Å². The normalized spacial score (nSPS) is 15.0. The number of carbonyl (C=O) groups excluding carboxylic acids is 2. The number of halogens is 2. The first-order valence-corrected chi connectivity index (χ1v) is 12.3. The summed E-state index contributed by atoms with van der Waals surface area (Å²) in [4.78, 5) is 29.7. The molecule has 4 rings (SSSR count). The van der Waals surface area contributed by atoms with Crippen LogP contribution >= 0.6 is 23.2 Å². The van der Waals surface area contributed by atoms with Crippen LogP contribution in [0.4, 0.5) is 10.5 Å². The third-order valence-corrected chi connectivity index (χ3v) is 6.67. The number of anilines is 1. The highest BCUT2D eigenvalue weighted by molar-refractivity contribution is 6.36. The van der Waals surface area contributed by atoms with Crippen molar-refractivity contribution in [2.45, 2.75) is 19.0 Å². The molecule has 1 atom stereocenters. The Morgan fingerprint density at radius 2 is 1.40 bits per heavy atom. The molecule has 0 aromatic heterocycles. The predicted octanol–water partition coefficient (Wildman–Crippen LogP) is 5.44. The molecule has 6 nitrogen and oxygen atoms in total. The largest absolute Gasteiger partial charge is 0.338 e. The van der Waals surface area contributed by atoms with E-state index in [0.717, 1.165) is 13.1 Å². The van der Waals surface area contributed by atoms with Crippen molar-refractivity contribution >= 4 is 40.8 Å². The van der Waals surface area contributed by atoms with Gasteiger partial charge in [0.25, 0.3) is 0 Å². The number of rotatable bonds is 6. The summed E-state index contributed by atoms with van der Waals surface area (Å²) in [6.45, 7) is 4.34. The molecule has 2 N–H and O–H groups in total. The number of hydrogen-bond donors (Lipinski definition) is 2. The van der Waals surface area contributed by atoms with Crippen LogP contribution in [0.5, 0.6) is 0 Å². The number of carbonyl (C=O) groups is 2. The first-order chi connectivity index (χ1) is 16.9. The van der Waals surface area contributed by atoms with E-state index < -0.39 is 12.1 Å². The highest BCUT2D eigenvalue weighted by Crippen LogP contribution is 2.29. The van der Waals surface area contributed by atoms with E-state index >= 15 is 0 Å². The molecule has 1 saturated heterocycles. The van der Waals surface area contributed by atoms with Crippen molar-refractivity contribution in [3.63, 3.8) is 0 Å². The van der Waals surface area contributed by atoms with Crippen LogP contribution in [0.15, 0.2) is 78.9 Å². The minimum atomic E-state index is -0.674. The predicted molar refractivity (Wildman–Crippen MR) is 141 cm³/mol. The van der Waals surface area contributed by atoms with Gasteiger partial charge < -0.3 is 15.5 Å². The lowest BCUT2D eigenvalue weighted by Gasteiger charge is -2.40. The third-order valence-electron chi connectivity index (χ3n) is 6.12. The van der Waals surface area contributed by atoms with Gasteiger partial charge in [-0.25, -0.2) is 4.79 Å². The first-order valence-electron chi connectivity index (χ1n) is 11.6. The van der Waals surface area contributed by atoms with E-state index in [1.165, 1.54) is 11.1 Å². The zero-order chi connectivity index (χ0) is 24.8. The fourth-order valence-electron chi connectivity index (χ4n) is 4.37. The maximum atomic E-state index is 13.0. The summed E-state index contributed by atoms with van der Waals surface area (Å²) in [5, 5.41) is 6.18. The second-order valence-corrected chi connectivity index (χ2v) is 9.37. The Labute approximate surface area is 215 Å². The summed E-state index contributed by atoms with van der Waals surface area (Å²) in [7, 11) is 0.